The summed E-state index contributed by atoms with van der Waals surface area (Å²) in [4.78, 5) is 15.1. The fourth-order valence-corrected chi connectivity index (χ4v) is 3.99. The second kappa shape index (κ2) is 11.7. The first-order valence-corrected chi connectivity index (χ1v) is 9.27. The van der Waals surface area contributed by atoms with E-state index in [0.717, 1.165) is 50.6 Å². The predicted octanol–water partition coefficient (Wildman–Crippen LogP) is 2.84. The summed E-state index contributed by atoms with van der Waals surface area (Å²) in [6, 6.07) is 7.47. The highest BCUT2D eigenvalue weighted by Crippen LogP contribution is 2.38. The van der Waals surface area contributed by atoms with E-state index < -0.39 is 0 Å². The van der Waals surface area contributed by atoms with Crippen LogP contribution in [0.4, 0.5) is 5.69 Å². The Labute approximate surface area is 174 Å². The predicted molar refractivity (Wildman–Crippen MR) is 112 cm³/mol. The average molecular weight is 420 g/mol. The third-order valence-corrected chi connectivity index (χ3v) is 5.23. The highest BCUT2D eigenvalue weighted by Gasteiger charge is 2.41. The molecule has 2 aliphatic rings. The van der Waals surface area contributed by atoms with E-state index in [0.29, 0.717) is 19.6 Å². The minimum Gasteiger partial charge on any atom is -0.492 e. The van der Waals surface area contributed by atoms with E-state index in [2.05, 4.69) is 10.2 Å². The zero-order valence-corrected chi connectivity index (χ0v) is 17.3. The maximum atomic E-state index is 12.7. The normalized spacial score (nSPS) is 18.9. The molecule has 27 heavy (non-hydrogen) atoms. The van der Waals surface area contributed by atoms with E-state index in [1.807, 2.05) is 24.3 Å². The summed E-state index contributed by atoms with van der Waals surface area (Å²) in [6.07, 6.45) is 5.17. The van der Waals surface area contributed by atoms with Crippen molar-refractivity contribution in [2.75, 3.05) is 44.8 Å². The van der Waals surface area contributed by atoms with Crippen LogP contribution >= 0.6 is 24.8 Å². The van der Waals surface area contributed by atoms with Crippen molar-refractivity contribution in [3.05, 3.63) is 24.3 Å². The molecule has 3 N–H and O–H groups in total. The molecule has 0 aromatic heterocycles. The third-order valence-electron chi connectivity index (χ3n) is 5.23. The maximum absolute atomic E-state index is 12.7. The molecule has 1 heterocycles. The number of anilines is 1. The number of morpholine rings is 1. The molecular formula is C19H31Cl2N3O3. The summed E-state index contributed by atoms with van der Waals surface area (Å²) in [5.41, 5.74) is 6.25. The Balaban J connectivity index is 0.00000182. The van der Waals surface area contributed by atoms with Crippen LogP contribution < -0.4 is 15.8 Å². The lowest BCUT2D eigenvalue weighted by molar-refractivity contribution is -0.120. The van der Waals surface area contributed by atoms with Crippen molar-refractivity contribution in [1.82, 2.24) is 4.90 Å². The maximum Gasteiger partial charge on any atom is 0.226 e. The molecule has 1 aliphatic heterocycles. The second-order valence-corrected chi connectivity index (χ2v) is 6.92. The number of ether oxygens (including phenoxy) is 2. The van der Waals surface area contributed by atoms with Crippen molar-refractivity contribution < 1.29 is 14.3 Å². The zero-order valence-electron chi connectivity index (χ0n) is 15.7. The van der Waals surface area contributed by atoms with Gasteiger partial charge in [-0.3, -0.25) is 9.69 Å². The lowest BCUT2D eigenvalue weighted by atomic mass is 9.90. The smallest absolute Gasteiger partial charge is 0.226 e. The van der Waals surface area contributed by atoms with Crippen molar-refractivity contribution in [1.29, 1.82) is 0 Å². The molecule has 154 valence electrons. The quantitative estimate of drug-likeness (QED) is 0.710. The summed E-state index contributed by atoms with van der Waals surface area (Å²) < 4.78 is 10.9. The number of carbonyl (C=O) groups excluding carboxylic acids is 1. The van der Waals surface area contributed by atoms with Crippen LogP contribution in [0.15, 0.2) is 24.3 Å². The standard InChI is InChI=1S/C19H29N3O3.2ClH/c20-9-12-25-17-5-3-16(4-6-17)21-18(23)15-19(7-1-2-8-19)22-10-13-24-14-11-22;;/h3-6H,1-2,7-15,20H2,(H,21,23);2*1H. The number of nitrogens with zero attached hydrogens (tertiary/aromatic N) is 1. The number of carbonyl (C=O) groups is 1. The van der Waals surface area contributed by atoms with Gasteiger partial charge in [-0.2, -0.15) is 0 Å². The van der Waals surface area contributed by atoms with Crippen LogP contribution in [0.2, 0.25) is 0 Å². The van der Waals surface area contributed by atoms with Gasteiger partial charge in [-0.05, 0) is 37.1 Å². The lowest BCUT2D eigenvalue weighted by Gasteiger charge is -2.43. The molecule has 1 saturated carbocycles. The summed E-state index contributed by atoms with van der Waals surface area (Å²) in [5, 5.41) is 3.04. The van der Waals surface area contributed by atoms with E-state index in [9.17, 15) is 4.79 Å². The lowest BCUT2D eigenvalue weighted by Crippen LogP contribution is -2.53. The van der Waals surface area contributed by atoms with Crippen LogP contribution in [0.3, 0.4) is 0 Å². The Hall–Kier alpha value is -1.05. The van der Waals surface area contributed by atoms with Crippen LogP contribution in [0.1, 0.15) is 32.1 Å². The van der Waals surface area contributed by atoms with Gasteiger partial charge in [0.25, 0.3) is 0 Å². The van der Waals surface area contributed by atoms with E-state index in [-0.39, 0.29) is 36.3 Å². The molecule has 0 radical (unpaired) electrons. The fraction of sp³-hybridized carbons (Fsp3) is 0.632. The molecule has 1 amide bonds. The Morgan fingerprint density at radius 3 is 2.37 bits per heavy atom. The third kappa shape index (κ3) is 6.50. The first-order chi connectivity index (χ1) is 12.2. The van der Waals surface area contributed by atoms with Gasteiger partial charge in [0.2, 0.25) is 5.91 Å². The Bertz CT molecular complexity index is 560. The number of rotatable bonds is 7. The van der Waals surface area contributed by atoms with E-state index in [1.165, 1.54) is 12.8 Å². The molecular weight excluding hydrogens is 389 g/mol. The molecule has 6 nitrogen and oxygen atoms in total. The molecule has 2 fully saturated rings. The molecule has 0 atom stereocenters. The number of hydrogen-bond donors (Lipinski definition) is 2. The molecule has 8 heteroatoms. The van der Waals surface area contributed by atoms with Crippen molar-refractivity contribution in [2.24, 2.45) is 5.73 Å². The van der Waals surface area contributed by atoms with Crippen molar-refractivity contribution in [3.8, 4) is 5.75 Å². The number of nitrogens with one attached hydrogen (secondary N) is 1. The number of halogens is 2. The number of nitrogens with two attached hydrogens (primary N) is 1. The number of hydrogen-bond acceptors (Lipinski definition) is 5. The summed E-state index contributed by atoms with van der Waals surface area (Å²) in [7, 11) is 0. The minimum atomic E-state index is 0. The molecule has 1 saturated heterocycles. The van der Waals surface area contributed by atoms with E-state index in [1.54, 1.807) is 0 Å². The van der Waals surface area contributed by atoms with Gasteiger partial charge in [0.1, 0.15) is 12.4 Å². The summed E-state index contributed by atoms with van der Waals surface area (Å²) >= 11 is 0. The van der Waals surface area contributed by atoms with Crippen LogP contribution in [0.25, 0.3) is 0 Å². The molecule has 0 spiro atoms. The first-order valence-electron chi connectivity index (χ1n) is 9.27. The van der Waals surface area contributed by atoms with Gasteiger partial charge >= 0.3 is 0 Å². The monoisotopic (exact) mass is 419 g/mol. The van der Waals surface area contributed by atoms with Gasteiger partial charge in [0, 0.05) is 37.3 Å². The van der Waals surface area contributed by atoms with Gasteiger partial charge in [-0.25, -0.2) is 0 Å². The molecule has 0 bridgehead atoms. The largest absolute Gasteiger partial charge is 0.492 e. The van der Waals surface area contributed by atoms with Crippen LogP contribution in [-0.4, -0.2) is 55.8 Å². The van der Waals surface area contributed by atoms with E-state index in [4.69, 9.17) is 15.2 Å². The van der Waals surface area contributed by atoms with Crippen LogP contribution in [-0.2, 0) is 9.53 Å². The average Bonchev–Trinajstić information content (AvgIpc) is 3.11. The highest BCUT2D eigenvalue weighted by molar-refractivity contribution is 5.91. The van der Waals surface area contributed by atoms with Crippen LogP contribution in [0.5, 0.6) is 5.75 Å². The van der Waals surface area contributed by atoms with Gasteiger partial charge in [-0.15, -0.1) is 24.8 Å². The van der Waals surface area contributed by atoms with E-state index >= 15 is 0 Å². The molecule has 1 aliphatic carbocycles. The highest BCUT2D eigenvalue weighted by atomic mass is 35.5. The molecule has 0 unspecified atom stereocenters. The van der Waals surface area contributed by atoms with Crippen LogP contribution in [0, 0.1) is 0 Å². The van der Waals surface area contributed by atoms with Gasteiger partial charge in [0.05, 0.1) is 13.2 Å². The van der Waals surface area contributed by atoms with Crippen molar-refractivity contribution >= 4 is 36.4 Å². The molecule has 1 aromatic carbocycles. The van der Waals surface area contributed by atoms with Gasteiger partial charge in [0.15, 0.2) is 0 Å². The number of benzene rings is 1. The van der Waals surface area contributed by atoms with Gasteiger partial charge < -0.3 is 20.5 Å². The van der Waals surface area contributed by atoms with Crippen molar-refractivity contribution in [2.45, 2.75) is 37.6 Å². The topological polar surface area (TPSA) is 76.8 Å². The van der Waals surface area contributed by atoms with Crippen molar-refractivity contribution in [3.63, 3.8) is 0 Å². The number of amides is 1. The second-order valence-electron chi connectivity index (χ2n) is 6.92. The Morgan fingerprint density at radius 2 is 1.78 bits per heavy atom. The minimum absolute atomic E-state index is 0. The summed E-state index contributed by atoms with van der Waals surface area (Å²) in [5.74, 6) is 0.855. The van der Waals surface area contributed by atoms with Gasteiger partial charge in [-0.1, -0.05) is 12.8 Å². The summed E-state index contributed by atoms with van der Waals surface area (Å²) in [6.45, 7) is 4.39. The molecule has 3 rings (SSSR count). The Morgan fingerprint density at radius 1 is 1.15 bits per heavy atom. The Kier molecular flexibility index (Phi) is 10.4. The first kappa shape index (κ1) is 24.0. The zero-order chi connectivity index (χ0) is 17.5. The SMILES string of the molecule is Cl.Cl.NCCOc1ccc(NC(=O)CC2(N3CCOCC3)CCCC2)cc1. The molecule has 1 aromatic rings. The fourth-order valence-electron chi connectivity index (χ4n) is 3.99.